The van der Waals surface area contributed by atoms with Crippen molar-refractivity contribution in [2.45, 2.75) is 32.4 Å². The molecule has 0 aromatic heterocycles. The van der Waals surface area contributed by atoms with Crippen molar-refractivity contribution in [3.63, 3.8) is 0 Å². The summed E-state index contributed by atoms with van der Waals surface area (Å²) in [5.74, 6) is -0.190. The lowest BCUT2D eigenvalue weighted by Crippen LogP contribution is -2.38. The summed E-state index contributed by atoms with van der Waals surface area (Å²) >= 11 is 0. The Morgan fingerprint density at radius 3 is 2.38 bits per heavy atom. The molecular formula is C9H19NO3. The van der Waals surface area contributed by atoms with Crippen molar-refractivity contribution in [3.8, 4) is 0 Å². The van der Waals surface area contributed by atoms with Crippen LogP contribution in [0, 0.1) is 0 Å². The molecule has 78 valence electrons. The summed E-state index contributed by atoms with van der Waals surface area (Å²) in [5, 5.41) is 3.22. The third-order valence-electron chi connectivity index (χ3n) is 1.69. The van der Waals surface area contributed by atoms with Gasteiger partial charge in [-0.25, -0.2) is 0 Å². The summed E-state index contributed by atoms with van der Waals surface area (Å²) in [6.07, 6.45) is 0.393. The molecule has 2 unspecified atom stereocenters. The zero-order valence-corrected chi connectivity index (χ0v) is 8.79. The van der Waals surface area contributed by atoms with E-state index in [9.17, 15) is 4.79 Å². The second-order valence-electron chi connectivity index (χ2n) is 3.20. The number of ether oxygens (including phenoxy) is 2. The number of hydrogen-bond acceptors (Lipinski definition) is 4. The molecule has 0 saturated heterocycles. The van der Waals surface area contributed by atoms with Gasteiger partial charge in [-0.3, -0.25) is 4.79 Å². The standard InChI is InChI=1S/C9H19NO3/c1-7(5-9(11)13-4)10-8(2)6-12-3/h7-8,10H,5-6H2,1-4H3. The molecule has 0 fully saturated rings. The van der Waals surface area contributed by atoms with E-state index in [2.05, 4.69) is 10.1 Å². The molecule has 4 heteroatoms. The number of esters is 1. The summed E-state index contributed by atoms with van der Waals surface area (Å²) < 4.78 is 9.51. The molecule has 0 aromatic carbocycles. The molecule has 2 atom stereocenters. The molecule has 0 radical (unpaired) electrons. The lowest BCUT2D eigenvalue weighted by Gasteiger charge is -2.18. The molecule has 13 heavy (non-hydrogen) atoms. The number of hydrogen-bond donors (Lipinski definition) is 1. The summed E-state index contributed by atoms with van der Waals surface area (Å²) in [6.45, 7) is 4.60. The van der Waals surface area contributed by atoms with Gasteiger partial charge in [0.05, 0.1) is 20.1 Å². The van der Waals surface area contributed by atoms with Gasteiger partial charge in [-0.15, -0.1) is 0 Å². The van der Waals surface area contributed by atoms with Crippen molar-refractivity contribution in [1.29, 1.82) is 0 Å². The highest BCUT2D eigenvalue weighted by Gasteiger charge is 2.11. The number of methoxy groups -OCH3 is 2. The van der Waals surface area contributed by atoms with Gasteiger partial charge in [-0.2, -0.15) is 0 Å². The maximum Gasteiger partial charge on any atom is 0.307 e. The van der Waals surface area contributed by atoms with Crippen LogP contribution in [0.15, 0.2) is 0 Å². The molecule has 4 nitrogen and oxygen atoms in total. The monoisotopic (exact) mass is 189 g/mol. The van der Waals surface area contributed by atoms with Gasteiger partial charge in [0.15, 0.2) is 0 Å². The zero-order valence-electron chi connectivity index (χ0n) is 8.79. The fraction of sp³-hybridized carbons (Fsp3) is 0.889. The van der Waals surface area contributed by atoms with Crippen LogP contribution in [-0.2, 0) is 14.3 Å². The van der Waals surface area contributed by atoms with Gasteiger partial charge in [-0.1, -0.05) is 0 Å². The minimum absolute atomic E-state index is 0.123. The van der Waals surface area contributed by atoms with Crippen molar-refractivity contribution < 1.29 is 14.3 Å². The highest BCUT2D eigenvalue weighted by atomic mass is 16.5. The average molecular weight is 189 g/mol. The summed E-state index contributed by atoms with van der Waals surface area (Å²) in [7, 11) is 3.05. The Labute approximate surface area is 79.6 Å². The first-order valence-corrected chi connectivity index (χ1v) is 4.42. The quantitative estimate of drug-likeness (QED) is 0.620. The molecule has 0 spiro atoms. The topological polar surface area (TPSA) is 47.6 Å². The molecule has 0 aliphatic carbocycles. The number of carbonyl (C=O) groups excluding carboxylic acids is 1. The molecule has 0 aliphatic heterocycles. The zero-order chi connectivity index (χ0) is 10.3. The molecular weight excluding hydrogens is 170 g/mol. The highest BCUT2D eigenvalue weighted by molar-refractivity contribution is 5.69. The van der Waals surface area contributed by atoms with Crippen LogP contribution in [0.5, 0.6) is 0 Å². The van der Waals surface area contributed by atoms with Crippen LogP contribution in [0.3, 0.4) is 0 Å². The van der Waals surface area contributed by atoms with Crippen LogP contribution >= 0.6 is 0 Å². The Hall–Kier alpha value is -0.610. The van der Waals surface area contributed by atoms with Gasteiger partial charge in [0, 0.05) is 19.2 Å². The first-order chi connectivity index (χ1) is 6.10. The predicted octanol–water partition coefficient (Wildman–Crippen LogP) is 0.562. The fourth-order valence-corrected chi connectivity index (χ4v) is 1.18. The van der Waals surface area contributed by atoms with Gasteiger partial charge in [0.1, 0.15) is 0 Å². The highest BCUT2D eigenvalue weighted by Crippen LogP contribution is 1.95. The first-order valence-electron chi connectivity index (χ1n) is 4.42. The summed E-state index contributed by atoms with van der Waals surface area (Å²) in [5.41, 5.74) is 0. The molecule has 0 saturated carbocycles. The molecule has 0 rings (SSSR count). The molecule has 0 aromatic rings. The minimum atomic E-state index is -0.190. The third kappa shape index (κ3) is 6.54. The Morgan fingerprint density at radius 2 is 1.92 bits per heavy atom. The Balaban J connectivity index is 3.60. The van der Waals surface area contributed by atoms with E-state index in [1.165, 1.54) is 7.11 Å². The van der Waals surface area contributed by atoms with Crippen LogP contribution in [0.25, 0.3) is 0 Å². The third-order valence-corrected chi connectivity index (χ3v) is 1.69. The molecule has 0 heterocycles. The van der Waals surface area contributed by atoms with Crippen LogP contribution in [0.4, 0.5) is 0 Å². The summed E-state index contributed by atoms with van der Waals surface area (Å²) in [4.78, 5) is 10.9. The average Bonchev–Trinajstić information content (AvgIpc) is 2.04. The van der Waals surface area contributed by atoms with Crippen LogP contribution in [0.2, 0.25) is 0 Å². The second-order valence-corrected chi connectivity index (χ2v) is 3.20. The normalized spacial score (nSPS) is 15.1. The van der Waals surface area contributed by atoms with E-state index in [1.54, 1.807) is 7.11 Å². The fourth-order valence-electron chi connectivity index (χ4n) is 1.18. The number of rotatable bonds is 6. The van der Waals surface area contributed by atoms with Crippen molar-refractivity contribution in [2.24, 2.45) is 0 Å². The Kier molecular flexibility index (Phi) is 6.54. The van der Waals surface area contributed by atoms with Gasteiger partial charge >= 0.3 is 5.97 Å². The molecule has 0 amide bonds. The molecule has 0 aliphatic rings. The van der Waals surface area contributed by atoms with Crippen molar-refractivity contribution in [1.82, 2.24) is 5.32 Å². The van der Waals surface area contributed by atoms with E-state index in [0.717, 1.165) is 0 Å². The number of carbonyl (C=O) groups is 1. The van der Waals surface area contributed by atoms with Crippen molar-refractivity contribution in [3.05, 3.63) is 0 Å². The van der Waals surface area contributed by atoms with E-state index >= 15 is 0 Å². The largest absolute Gasteiger partial charge is 0.469 e. The second kappa shape index (κ2) is 6.86. The van der Waals surface area contributed by atoms with E-state index in [-0.39, 0.29) is 18.1 Å². The van der Waals surface area contributed by atoms with Crippen molar-refractivity contribution in [2.75, 3.05) is 20.8 Å². The minimum Gasteiger partial charge on any atom is -0.469 e. The first kappa shape index (κ1) is 12.4. The van der Waals surface area contributed by atoms with E-state index < -0.39 is 0 Å². The Bertz CT molecular complexity index is 150. The van der Waals surface area contributed by atoms with Gasteiger partial charge in [-0.05, 0) is 13.8 Å². The summed E-state index contributed by atoms with van der Waals surface area (Å²) in [6, 6.07) is 0.377. The Morgan fingerprint density at radius 1 is 1.31 bits per heavy atom. The van der Waals surface area contributed by atoms with Gasteiger partial charge in [0.2, 0.25) is 0 Å². The van der Waals surface area contributed by atoms with E-state index in [1.807, 2.05) is 13.8 Å². The predicted molar refractivity (Wildman–Crippen MR) is 50.6 cm³/mol. The number of nitrogens with one attached hydrogen (secondary N) is 1. The molecule has 0 bridgehead atoms. The maximum atomic E-state index is 10.9. The van der Waals surface area contributed by atoms with Crippen LogP contribution < -0.4 is 5.32 Å². The van der Waals surface area contributed by atoms with E-state index in [0.29, 0.717) is 13.0 Å². The van der Waals surface area contributed by atoms with Crippen LogP contribution in [0.1, 0.15) is 20.3 Å². The van der Waals surface area contributed by atoms with Gasteiger partial charge < -0.3 is 14.8 Å². The SMILES string of the molecule is COCC(C)NC(C)CC(=O)OC. The lowest BCUT2D eigenvalue weighted by atomic mass is 10.2. The molecule has 1 N–H and O–H groups in total. The van der Waals surface area contributed by atoms with Gasteiger partial charge in [0.25, 0.3) is 0 Å². The van der Waals surface area contributed by atoms with Crippen molar-refractivity contribution >= 4 is 5.97 Å². The maximum absolute atomic E-state index is 10.9. The van der Waals surface area contributed by atoms with Crippen LogP contribution in [-0.4, -0.2) is 38.9 Å². The lowest BCUT2D eigenvalue weighted by molar-refractivity contribution is -0.141. The van der Waals surface area contributed by atoms with E-state index in [4.69, 9.17) is 4.74 Å². The smallest absolute Gasteiger partial charge is 0.307 e.